The highest BCUT2D eigenvalue weighted by atomic mass is 19.1. The van der Waals surface area contributed by atoms with E-state index in [0.29, 0.717) is 11.8 Å². The van der Waals surface area contributed by atoms with Crippen molar-refractivity contribution in [2.45, 2.75) is 57.5 Å². The summed E-state index contributed by atoms with van der Waals surface area (Å²) in [6.07, 6.45) is 9.94. The maximum Gasteiger partial charge on any atom is 0.319 e. The third-order valence-electron chi connectivity index (χ3n) is 7.65. The Labute approximate surface area is 201 Å². The third-order valence-corrected chi connectivity index (χ3v) is 7.65. The van der Waals surface area contributed by atoms with Crippen molar-refractivity contribution in [2.75, 3.05) is 25.0 Å². The first-order chi connectivity index (χ1) is 16.6. The predicted octanol–water partition coefficient (Wildman–Crippen LogP) is 5.39. The van der Waals surface area contributed by atoms with Crippen molar-refractivity contribution in [1.82, 2.24) is 10.2 Å². The Morgan fingerprint density at radius 3 is 2.79 bits per heavy atom. The zero-order valence-electron chi connectivity index (χ0n) is 19.8. The Kier molecular flexibility index (Phi) is 7.24. The van der Waals surface area contributed by atoms with Crippen LogP contribution in [0.15, 0.2) is 47.5 Å². The number of nitrogens with one attached hydrogen (secondary N) is 2. The first-order valence-electron chi connectivity index (χ1n) is 12.8. The Balaban J connectivity index is 1.14. The highest BCUT2D eigenvalue weighted by Crippen LogP contribution is 2.28. The van der Waals surface area contributed by atoms with Crippen molar-refractivity contribution in [3.8, 4) is 0 Å². The van der Waals surface area contributed by atoms with Crippen LogP contribution in [-0.4, -0.2) is 42.8 Å². The Morgan fingerprint density at radius 2 is 1.91 bits per heavy atom. The molecule has 2 aliphatic heterocycles. The number of nitrogens with zero attached hydrogens (tertiary/aromatic N) is 2. The molecule has 3 aliphatic rings. The average Bonchev–Trinajstić information content (AvgIpc) is 3.30. The zero-order valence-corrected chi connectivity index (χ0v) is 19.8. The highest BCUT2D eigenvalue weighted by molar-refractivity contribution is 5.92. The lowest BCUT2D eigenvalue weighted by Crippen LogP contribution is -2.49. The summed E-state index contributed by atoms with van der Waals surface area (Å²) in [7, 11) is 0. The van der Waals surface area contributed by atoms with E-state index in [1.165, 1.54) is 43.2 Å². The molecule has 34 heavy (non-hydrogen) atoms. The van der Waals surface area contributed by atoms with Gasteiger partial charge in [-0.05, 0) is 91.4 Å². The van der Waals surface area contributed by atoms with Crippen LogP contribution < -0.4 is 10.6 Å². The molecule has 1 saturated heterocycles. The topological polar surface area (TPSA) is 56.7 Å². The third kappa shape index (κ3) is 5.84. The second-order valence-corrected chi connectivity index (χ2v) is 10.2. The lowest BCUT2D eigenvalue weighted by atomic mass is 9.83. The molecule has 3 atom stereocenters. The summed E-state index contributed by atoms with van der Waals surface area (Å²) in [5.74, 6) is 0.927. The van der Waals surface area contributed by atoms with Crippen molar-refractivity contribution < 1.29 is 9.18 Å². The number of rotatable bonds is 6. The van der Waals surface area contributed by atoms with Gasteiger partial charge in [-0.15, -0.1) is 0 Å². The van der Waals surface area contributed by atoms with E-state index in [2.05, 4.69) is 20.5 Å². The summed E-state index contributed by atoms with van der Waals surface area (Å²) in [5, 5.41) is 6.31. The summed E-state index contributed by atoms with van der Waals surface area (Å²) in [6.45, 7) is 3.99. The van der Waals surface area contributed by atoms with Crippen LogP contribution in [0.3, 0.4) is 0 Å². The lowest BCUT2D eigenvalue weighted by Gasteiger charge is -2.39. The van der Waals surface area contributed by atoms with Crippen LogP contribution in [-0.2, 0) is 13.0 Å². The van der Waals surface area contributed by atoms with Crippen LogP contribution in [0.5, 0.6) is 0 Å². The minimum absolute atomic E-state index is 0.111. The van der Waals surface area contributed by atoms with Gasteiger partial charge in [-0.2, -0.15) is 0 Å². The molecule has 5 rings (SSSR count). The first kappa shape index (κ1) is 23.0. The van der Waals surface area contributed by atoms with E-state index in [0.717, 1.165) is 50.3 Å². The molecule has 2 fully saturated rings. The molecule has 0 radical (unpaired) electrons. The number of carbonyl (C=O) groups excluding carboxylic acids is 1. The fourth-order valence-electron chi connectivity index (χ4n) is 5.90. The Morgan fingerprint density at radius 1 is 1.06 bits per heavy atom. The Bertz CT molecular complexity index is 1020. The standard InChI is InChI=1S/C28H35FN4O/c29-25-10-7-20(8-11-25)14-21-4-3-13-33(18-21)19-23-5-1-2-6-27(23)32-28(34)31-26-12-9-22-16-30-17-24(22)15-26/h7-12,15,17,21,23,27H,1-6,13-14,16,18-19H2,(H2,31,32,34)/t21?,23-,27+/m0/s1. The van der Waals surface area contributed by atoms with E-state index in [4.69, 9.17) is 0 Å². The SMILES string of the molecule is O=C(Nc1ccc2c(c1)C=NC2)N[C@@H]1CCCC[C@H]1CN1CCCC(Cc2ccc(F)cc2)C1. The van der Waals surface area contributed by atoms with Crippen molar-refractivity contribution in [2.24, 2.45) is 16.8 Å². The van der Waals surface area contributed by atoms with Crippen molar-refractivity contribution in [1.29, 1.82) is 0 Å². The molecule has 0 spiro atoms. The molecule has 1 aliphatic carbocycles. The second kappa shape index (κ2) is 10.7. The monoisotopic (exact) mass is 462 g/mol. The van der Waals surface area contributed by atoms with Gasteiger partial charge < -0.3 is 15.5 Å². The Hall–Kier alpha value is -2.73. The van der Waals surface area contributed by atoms with Gasteiger partial charge in [0.25, 0.3) is 0 Å². The van der Waals surface area contributed by atoms with Crippen LogP contribution in [0.2, 0.25) is 0 Å². The molecular formula is C28H35FN4O. The summed E-state index contributed by atoms with van der Waals surface area (Å²) in [4.78, 5) is 19.7. The highest BCUT2D eigenvalue weighted by Gasteiger charge is 2.30. The molecule has 1 saturated carbocycles. The van der Waals surface area contributed by atoms with Crippen LogP contribution in [0, 0.1) is 17.7 Å². The average molecular weight is 463 g/mol. The molecule has 2 aromatic rings. The van der Waals surface area contributed by atoms with Crippen molar-refractivity contribution in [3.63, 3.8) is 0 Å². The summed E-state index contributed by atoms with van der Waals surface area (Å²) >= 11 is 0. The number of hydrogen-bond donors (Lipinski definition) is 2. The number of halogens is 1. The van der Waals surface area contributed by atoms with E-state index >= 15 is 0 Å². The summed E-state index contributed by atoms with van der Waals surface area (Å²) < 4.78 is 13.2. The van der Waals surface area contributed by atoms with Gasteiger partial charge in [0.2, 0.25) is 0 Å². The molecule has 5 nitrogen and oxygen atoms in total. The first-order valence-corrected chi connectivity index (χ1v) is 12.8. The van der Waals surface area contributed by atoms with Gasteiger partial charge in [-0.3, -0.25) is 4.99 Å². The van der Waals surface area contributed by atoms with Gasteiger partial charge in [0.1, 0.15) is 5.82 Å². The van der Waals surface area contributed by atoms with Gasteiger partial charge >= 0.3 is 6.03 Å². The van der Waals surface area contributed by atoms with Crippen LogP contribution >= 0.6 is 0 Å². The molecule has 2 amide bonds. The van der Waals surface area contributed by atoms with Gasteiger partial charge in [-0.1, -0.05) is 31.0 Å². The van der Waals surface area contributed by atoms with Gasteiger partial charge in [0.15, 0.2) is 0 Å². The maximum atomic E-state index is 13.2. The van der Waals surface area contributed by atoms with E-state index in [1.807, 2.05) is 36.5 Å². The van der Waals surface area contributed by atoms with Crippen LogP contribution in [0.4, 0.5) is 14.9 Å². The number of urea groups is 1. The number of piperidine rings is 1. The van der Waals surface area contributed by atoms with Crippen molar-refractivity contribution >= 4 is 17.9 Å². The molecule has 1 unspecified atom stereocenters. The molecule has 2 N–H and O–H groups in total. The molecular weight excluding hydrogens is 427 g/mol. The minimum Gasteiger partial charge on any atom is -0.335 e. The normalized spacial score (nSPS) is 24.6. The van der Waals surface area contributed by atoms with Crippen molar-refractivity contribution in [3.05, 3.63) is 65.0 Å². The number of aliphatic imine (C=N–C) groups is 1. The molecule has 0 aromatic heterocycles. The number of fused-ring (bicyclic) bond motifs is 1. The van der Waals surface area contributed by atoms with Crippen LogP contribution in [0.1, 0.15) is 55.2 Å². The van der Waals surface area contributed by atoms with Gasteiger partial charge in [-0.25, -0.2) is 9.18 Å². The fraction of sp³-hybridized carbons (Fsp3) is 0.500. The summed E-state index contributed by atoms with van der Waals surface area (Å²) in [6, 6.07) is 13.1. The number of amides is 2. The number of likely N-dealkylation sites (tertiary alicyclic amines) is 1. The molecule has 6 heteroatoms. The molecule has 0 bridgehead atoms. The molecule has 2 heterocycles. The number of carbonyl (C=O) groups is 1. The maximum absolute atomic E-state index is 13.2. The zero-order chi connectivity index (χ0) is 23.3. The number of anilines is 1. The van der Waals surface area contributed by atoms with E-state index in [-0.39, 0.29) is 17.9 Å². The molecule has 2 aromatic carbocycles. The van der Waals surface area contributed by atoms with Crippen LogP contribution in [0.25, 0.3) is 0 Å². The fourth-order valence-corrected chi connectivity index (χ4v) is 5.90. The molecule has 180 valence electrons. The summed E-state index contributed by atoms with van der Waals surface area (Å²) in [5.41, 5.74) is 4.34. The lowest BCUT2D eigenvalue weighted by molar-refractivity contribution is 0.123. The quantitative estimate of drug-likeness (QED) is 0.604. The number of hydrogen-bond acceptors (Lipinski definition) is 3. The largest absolute Gasteiger partial charge is 0.335 e. The smallest absolute Gasteiger partial charge is 0.319 e. The van der Waals surface area contributed by atoms with Gasteiger partial charge in [0, 0.05) is 31.0 Å². The number of benzene rings is 2. The van der Waals surface area contributed by atoms with E-state index in [9.17, 15) is 9.18 Å². The predicted molar refractivity (Wildman–Crippen MR) is 135 cm³/mol. The minimum atomic E-state index is -0.168. The van der Waals surface area contributed by atoms with Gasteiger partial charge in [0.05, 0.1) is 6.54 Å². The van der Waals surface area contributed by atoms with E-state index in [1.54, 1.807) is 12.1 Å². The second-order valence-electron chi connectivity index (χ2n) is 10.2. The van der Waals surface area contributed by atoms with E-state index < -0.39 is 0 Å².